The molecule has 0 unspecified atom stereocenters. The first-order chi connectivity index (χ1) is 19.4. The lowest BCUT2D eigenvalue weighted by molar-refractivity contribution is 0.309. The molecule has 0 aliphatic carbocycles. The lowest BCUT2D eigenvalue weighted by Crippen LogP contribution is -2.32. The van der Waals surface area contributed by atoms with E-state index in [-0.39, 0.29) is 38.7 Å². The summed E-state index contributed by atoms with van der Waals surface area (Å²) in [6.45, 7) is 0.292. The zero-order valence-corrected chi connectivity index (χ0v) is 27.6. The standard InChI is InChI=1S/C28H28BrN3O6S3.ClH/c1-40(33,34)37-17-15-32(16-18-38-41(2,35)36)26-13-3-21(4-14-26)19-30-25-11-7-22(8-12-25)27-20-39-28(31-27)23-5-9-24(29)10-6-23;/h3-14,19-20H,15-18H2,1-2H3;1H. The van der Waals surface area contributed by atoms with E-state index in [1.54, 1.807) is 22.5 Å². The highest BCUT2D eigenvalue weighted by molar-refractivity contribution is 9.10. The van der Waals surface area contributed by atoms with E-state index in [1.165, 1.54) is 0 Å². The highest BCUT2D eigenvalue weighted by Gasteiger charge is 2.11. The largest absolute Gasteiger partial charge is 0.367 e. The van der Waals surface area contributed by atoms with Gasteiger partial charge in [0.15, 0.2) is 0 Å². The normalized spacial score (nSPS) is 11.9. The molecule has 4 aromatic rings. The van der Waals surface area contributed by atoms with E-state index in [0.717, 1.165) is 55.8 Å². The van der Waals surface area contributed by atoms with Gasteiger partial charge >= 0.3 is 0 Å². The van der Waals surface area contributed by atoms with E-state index < -0.39 is 20.2 Å². The van der Waals surface area contributed by atoms with Gasteiger partial charge in [-0.25, -0.2) is 4.98 Å². The molecule has 224 valence electrons. The van der Waals surface area contributed by atoms with Crippen molar-refractivity contribution < 1.29 is 25.2 Å². The molecule has 0 amide bonds. The van der Waals surface area contributed by atoms with Crippen LogP contribution in [0, 0.1) is 0 Å². The summed E-state index contributed by atoms with van der Waals surface area (Å²) in [5.74, 6) is 0. The van der Waals surface area contributed by atoms with Crippen molar-refractivity contribution in [2.75, 3.05) is 43.7 Å². The average molecular weight is 715 g/mol. The van der Waals surface area contributed by atoms with Crippen molar-refractivity contribution in [3.8, 4) is 21.8 Å². The summed E-state index contributed by atoms with van der Waals surface area (Å²) in [5, 5.41) is 3.00. The van der Waals surface area contributed by atoms with Crippen molar-refractivity contribution in [2.24, 2.45) is 4.99 Å². The Kier molecular flexibility index (Phi) is 12.2. The van der Waals surface area contributed by atoms with Gasteiger partial charge in [0.2, 0.25) is 0 Å². The number of rotatable bonds is 13. The highest BCUT2D eigenvalue weighted by Crippen LogP contribution is 2.30. The SMILES string of the molecule is CS(=O)(=O)OCCN(CCOS(C)(=O)=O)c1ccc(C=Nc2ccc(-c3csc(-c4ccc(Br)cc4)n3)cc2)cc1.Cl. The Balaban J connectivity index is 0.00000484. The lowest BCUT2D eigenvalue weighted by Gasteiger charge is -2.24. The zero-order valence-electron chi connectivity index (χ0n) is 22.7. The Labute approximate surface area is 265 Å². The predicted octanol–water partition coefficient (Wildman–Crippen LogP) is 6.17. The fraction of sp³-hybridized carbons (Fsp3) is 0.214. The number of anilines is 1. The first-order valence-electron chi connectivity index (χ1n) is 12.3. The molecule has 3 aromatic carbocycles. The van der Waals surface area contributed by atoms with Gasteiger partial charge in [-0.2, -0.15) is 16.8 Å². The van der Waals surface area contributed by atoms with Gasteiger partial charge in [0.25, 0.3) is 20.2 Å². The van der Waals surface area contributed by atoms with E-state index in [9.17, 15) is 16.8 Å². The van der Waals surface area contributed by atoms with Gasteiger partial charge in [-0.3, -0.25) is 13.4 Å². The topological polar surface area (TPSA) is 115 Å². The molecule has 0 saturated heterocycles. The molecular formula is C28H29BrClN3O6S3. The molecule has 1 aromatic heterocycles. The molecule has 0 N–H and O–H groups in total. The third-order valence-corrected chi connectivity index (χ3v) is 8.31. The molecule has 4 rings (SSSR count). The summed E-state index contributed by atoms with van der Waals surface area (Å²) in [6.07, 6.45) is 3.70. The van der Waals surface area contributed by atoms with Gasteiger partial charge in [-0.1, -0.05) is 52.3 Å². The molecule has 0 atom stereocenters. The summed E-state index contributed by atoms with van der Waals surface area (Å²) in [6, 6.07) is 23.4. The maximum atomic E-state index is 11.3. The number of halogens is 2. The van der Waals surface area contributed by atoms with Gasteiger partial charge in [0.1, 0.15) is 5.01 Å². The molecule has 42 heavy (non-hydrogen) atoms. The summed E-state index contributed by atoms with van der Waals surface area (Å²) < 4.78 is 56.0. The Morgan fingerprint density at radius 1 is 0.833 bits per heavy atom. The maximum absolute atomic E-state index is 11.3. The van der Waals surface area contributed by atoms with Crippen LogP contribution in [0.5, 0.6) is 0 Å². The monoisotopic (exact) mass is 713 g/mol. The van der Waals surface area contributed by atoms with Crippen molar-refractivity contribution >= 4 is 77.5 Å². The smallest absolute Gasteiger partial charge is 0.264 e. The van der Waals surface area contributed by atoms with Crippen molar-refractivity contribution in [3.05, 3.63) is 88.2 Å². The first-order valence-corrected chi connectivity index (χ1v) is 17.7. The minimum atomic E-state index is -3.59. The number of nitrogens with zero attached hydrogens (tertiary/aromatic N) is 3. The minimum Gasteiger partial charge on any atom is -0.367 e. The third kappa shape index (κ3) is 10.9. The fourth-order valence-corrected chi connectivity index (χ4v) is 5.59. The second-order valence-electron chi connectivity index (χ2n) is 8.98. The third-order valence-electron chi connectivity index (χ3n) is 5.70. The number of hydrogen-bond acceptors (Lipinski definition) is 10. The van der Waals surface area contributed by atoms with Crippen molar-refractivity contribution in [1.29, 1.82) is 0 Å². The number of hydrogen-bond donors (Lipinski definition) is 0. The first kappa shape index (κ1) is 33.8. The molecule has 0 aliphatic heterocycles. The Morgan fingerprint density at radius 3 is 1.93 bits per heavy atom. The van der Waals surface area contributed by atoms with Crippen LogP contribution in [-0.2, 0) is 28.6 Å². The van der Waals surface area contributed by atoms with Crippen LogP contribution in [0.25, 0.3) is 21.8 Å². The van der Waals surface area contributed by atoms with Crippen molar-refractivity contribution in [2.45, 2.75) is 0 Å². The maximum Gasteiger partial charge on any atom is 0.264 e. The van der Waals surface area contributed by atoms with Crippen molar-refractivity contribution in [1.82, 2.24) is 4.98 Å². The van der Waals surface area contributed by atoms with Crippen molar-refractivity contribution in [3.63, 3.8) is 0 Å². The number of aromatic nitrogens is 1. The van der Waals surface area contributed by atoms with Crippen LogP contribution in [0.1, 0.15) is 5.56 Å². The van der Waals surface area contributed by atoms with Crippen LogP contribution in [0.15, 0.2) is 87.6 Å². The van der Waals surface area contributed by atoms with Crippen LogP contribution in [0.4, 0.5) is 11.4 Å². The van der Waals surface area contributed by atoms with Gasteiger partial charge in [-0.05, 0) is 42.0 Å². The Hall–Kier alpha value is -2.65. The molecule has 0 saturated carbocycles. The van der Waals surface area contributed by atoms with Crippen LogP contribution in [0.3, 0.4) is 0 Å². The van der Waals surface area contributed by atoms with E-state index >= 15 is 0 Å². The van der Waals surface area contributed by atoms with Crippen LogP contribution in [-0.4, -0.2) is 66.8 Å². The molecule has 14 heteroatoms. The predicted molar refractivity (Wildman–Crippen MR) is 175 cm³/mol. The summed E-state index contributed by atoms with van der Waals surface area (Å²) in [7, 11) is -7.18. The highest BCUT2D eigenvalue weighted by atomic mass is 79.9. The van der Waals surface area contributed by atoms with Crippen LogP contribution < -0.4 is 4.90 Å². The molecular weight excluding hydrogens is 686 g/mol. The number of thiazole rings is 1. The Bertz CT molecular complexity index is 1660. The van der Waals surface area contributed by atoms with Crippen LogP contribution in [0.2, 0.25) is 0 Å². The molecule has 0 aliphatic rings. The molecule has 0 fully saturated rings. The molecule has 0 bridgehead atoms. The van der Waals surface area contributed by atoms with E-state index in [4.69, 9.17) is 13.4 Å². The molecule has 0 spiro atoms. The minimum absolute atomic E-state index is 0. The summed E-state index contributed by atoms with van der Waals surface area (Å²) in [4.78, 5) is 11.1. The summed E-state index contributed by atoms with van der Waals surface area (Å²) >= 11 is 5.06. The molecule has 1 heterocycles. The van der Waals surface area contributed by atoms with E-state index in [2.05, 4.69) is 20.9 Å². The second kappa shape index (κ2) is 15.2. The quantitative estimate of drug-likeness (QED) is 0.119. The fourth-order valence-electron chi connectivity index (χ4n) is 3.74. The van der Waals surface area contributed by atoms with Gasteiger partial charge in [0.05, 0.1) is 37.1 Å². The van der Waals surface area contributed by atoms with Gasteiger partial charge in [-0.15, -0.1) is 23.7 Å². The van der Waals surface area contributed by atoms with E-state index in [0.29, 0.717) is 0 Å². The summed E-state index contributed by atoms with van der Waals surface area (Å²) in [5.41, 5.74) is 5.39. The van der Waals surface area contributed by atoms with E-state index in [1.807, 2.05) is 78.2 Å². The van der Waals surface area contributed by atoms with Gasteiger partial charge in [0, 0.05) is 46.0 Å². The van der Waals surface area contributed by atoms with Gasteiger partial charge < -0.3 is 4.90 Å². The number of benzene rings is 3. The number of aliphatic imine (C=N–C) groups is 1. The second-order valence-corrected chi connectivity index (χ2v) is 14.0. The molecule has 0 radical (unpaired) electrons. The average Bonchev–Trinajstić information content (AvgIpc) is 3.41. The lowest BCUT2D eigenvalue weighted by atomic mass is 10.1. The van der Waals surface area contributed by atoms with Crippen LogP contribution >= 0.6 is 39.7 Å². The Morgan fingerprint density at radius 2 is 1.38 bits per heavy atom. The molecule has 9 nitrogen and oxygen atoms in total. The zero-order chi connectivity index (χ0) is 29.5.